The normalized spacial score (nSPS) is 15.0. The molecule has 0 aromatic carbocycles. The second-order valence-corrected chi connectivity index (χ2v) is 2.12. The molecule has 1 fully saturated rings. The molecule has 3 radical (unpaired) electrons. The Kier molecular flexibility index (Phi) is 26.6. The van der Waals surface area contributed by atoms with Crippen molar-refractivity contribution in [3.8, 4) is 0 Å². The van der Waals surface area contributed by atoms with Crippen LogP contribution in [0, 0.1) is 0 Å². The molecule has 0 nitrogen and oxygen atoms in total. The van der Waals surface area contributed by atoms with Gasteiger partial charge in [0.25, 0.3) is 0 Å². The lowest BCUT2D eigenvalue weighted by molar-refractivity contribution is 0.504. The highest BCUT2D eigenvalue weighted by Crippen LogP contribution is 2.15. The van der Waals surface area contributed by atoms with Gasteiger partial charge in [-0.25, -0.2) is 0 Å². The standard InChI is InChI=1S/C6H12.C2H6.CH4.B/c1-2-4-6-5-3-1;1-2;;/h1-6H2;1-2H3;1H4;. The zero-order valence-corrected chi connectivity index (χ0v) is 6.82. The van der Waals surface area contributed by atoms with Gasteiger partial charge in [-0.1, -0.05) is 59.8 Å². The first kappa shape index (κ1) is 16.6. The Labute approximate surface area is 69.0 Å². The third-order valence-electron chi connectivity index (χ3n) is 1.50. The van der Waals surface area contributed by atoms with Crippen molar-refractivity contribution in [3.05, 3.63) is 0 Å². The smallest absolute Gasteiger partial charge is 0 e. The predicted molar refractivity (Wildman–Crippen MR) is 51.5 cm³/mol. The lowest BCUT2D eigenvalue weighted by Gasteiger charge is -2.05. The van der Waals surface area contributed by atoms with Gasteiger partial charge in [-0.05, 0) is 0 Å². The van der Waals surface area contributed by atoms with E-state index in [9.17, 15) is 0 Å². The molecular weight excluding hydrogens is 119 g/mol. The first-order valence-corrected chi connectivity index (χ1v) is 4.00. The molecule has 0 unspecified atom stereocenters. The Bertz CT molecular complexity index is 20.2. The summed E-state index contributed by atoms with van der Waals surface area (Å²) in [6, 6.07) is 0. The summed E-state index contributed by atoms with van der Waals surface area (Å²) in [5, 5.41) is 0. The van der Waals surface area contributed by atoms with Gasteiger partial charge in [0.05, 0.1) is 0 Å². The van der Waals surface area contributed by atoms with Gasteiger partial charge in [0, 0.05) is 8.41 Å². The Morgan fingerprint density at radius 1 is 0.600 bits per heavy atom. The molecule has 0 spiro atoms. The van der Waals surface area contributed by atoms with Gasteiger partial charge in [0.2, 0.25) is 0 Å². The third kappa shape index (κ3) is 10.9. The van der Waals surface area contributed by atoms with Crippen LogP contribution in [0.15, 0.2) is 0 Å². The van der Waals surface area contributed by atoms with Crippen molar-refractivity contribution in [1.82, 2.24) is 0 Å². The van der Waals surface area contributed by atoms with Crippen molar-refractivity contribution < 1.29 is 0 Å². The van der Waals surface area contributed by atoms with Crippen LogP contribution in [-0.2, 0) is 0 Å². The molecule has 0 N–H and O–H groups in total. The number of hydrogen-bond acceptors (Lipinski definition) is 0. The van der Waals surface area contributed by atoms with E-state index in [-0.39, 0.29) is 15.8 Å². The monoisotopic (exact) mass is 141 g/mol. The minimum atomic E-state index is 0. The quantitative estimate of drug-likeness (QED) is 0.452. The molecule has 1 aliphatic carbocycles. The van der Waals surface area contributed by atoms with Gasteiger partial charge in [0.15, 0.2) is 0 Å². The molecule has 0 bridgehead atoms. The summed E-state index contributed by atoms with van der Waals surface area (Å²) in [7, 11) is 0. The molecule has 0 saturated heterocycles. The average molecular weight is 141 g/mol. The summed E-state index contributed by atoms with van der Waals surface area (Å²) >= 11 is 0. The largest absolute Gasteiger partial charge is 0.0776 e. The molecule has 1 rings (SSSR count). The lowest BCUT2D eigenvalue weighted by Crippen LogP contribution is -1.85. The summed E-state index contributed by atoms with van der Waals surface area (Å²) in [4.78, 5) is 0. The van der Waals surface area contributed by atoms with E-state index in [1.807, 2.05) is 13.8 Å². The van der Waals surface area contributed by atoms with Crippen molar-refractivity contribution in [2.45, 2.75) is 59.8 Å². The van der Waals surface area contributed by atoms with E-state index in [4.69, 9.17) is 0 Å². The first-order valence-electron chi connectivity index (χ1n) is 4.00. The molecule has 0 amide bonds. The van der Waals surface area contributed by atoms with Crippen molar-refractivity contribution >= 4 is 8.41 Å². The Hall–Kier alpha value is 0.0649. The maximum atomic E-state index is 2.00. The molecule has 0 atom stereocenters. The Balaban J connectivity index is -0.000000114. The van der Waals surface area contributed by atoms with Crippen molar-refractivity contribution in [2.24, 2.45) is 0 Å². The van der Waals surface area contributed by atoms with E-state index in [1.165, 1.54) is 38.5 Å². The molecule has 1 aliphatic rings. The van der Waals surface area contributed by atoms with E-state index >= 15 is 0 Å². The predicted octanol–water partition coefficient (Wildman–Crippen LogP) is 3.62. The highest BCUT2D eigenvalue weighted by atomic mass is 14.0. The van der Waals surface area contributed by atoms with Crippen LogP contribution in [-0.4, -0.2) is 8.41 Å². The number of rotatable bonds is 0. The molecule has 61 valence electrons. The Morgan fingerprint density at radius 3 is 0.800 bits per heavy atom. The molecular formula is C9H22B. The summed E-state index contributed by atoms with van der Waals surface area (Å²) in [5.41, 5.74) is 0. The molecule has 10 heavy (non-hydrogen) atoms. The van der Waals surface area contributed by atoms with Gasteiger partial charge < -0.3 is 0 Å². The summed E-state index contributed by atoms with van der Waals surface area (Å²) in [5.74, 6) is 0. The topological polar surface area (TPSA) is 0 Å². The van der Waals surface area contributed by atoms with Crippen LogP contribution in [0.1, 0.15) is 59.8 Å². The number of hydrogen-bond donors (Lipinski definition) is 0. The molecule has 0 aromatic rings. The molecule has 1 saturated carbocycles. The van der Waals surface area contributed by atoms with E-state index in [1.54, 1.807) is 0 Å². The van der Waals surface area contributed by atoms with Gasteiger partial charge >= 0.3 is 0 Å². The first-order chi connectivity index (χ1) is 4.00. The van der Waals surface area contributed by atoms with E-state index in [2.05, 4.69) is 0 Å². The molecule has 1 heteroatoms. The van der Waals surface area contributed by atoms with Crippen LogP contribution in [0.4, 0.5) is 0 Å². The van der Waals surface area contributed by atoms with Crippen LogP contribution in [0.25, 0.3) is 0 Å². The van der Waals surface area contributed by atoms with Crippen LogP contribution in [0.3, 0.4) is 0 Å². The fraction of sp³-hybridized carbons (Fsp3) is 1.00. The minimum Gasteiger partial charge on any atom is -0.0776 e. The van der Waals surface area contributed by atoms with Crippen LogP contribution in [0.2, 0.25) is 0 Å². The third-order valence-corrected chi connectivity index (χ3v) is 1.50. The summed E-state index contributed by atoms with van der Waals surface area (Å²) in [6.45, 7) is 4.00. The van der Waals surface area contributed by atoms with Crippen molar-refractivity contribution in [2.75, 3.05) is 0 Å². The van der Waals surface area contributed by atoms with Gasteiger partial charge in [0.1, 0.15) is 0 Å². The lowest BCUT2D eigenvalue weighted by atomic mass is 10.0. The Morgan fingerprint density at radius 2 is 0.700 bits per heavy atom. The zero-order valence-electron chi connectivity index (χ0n) is 6.82. The van der Waals surface area contributed by atoms with Gasteiger partial charge in [-0.3, -0.25) is 0 Å². The second-order valence-electron chi connectivity index (χ2n) is 2.12. The highest BCUT2D eigenvalue weighted by Gasteiger charge is 1.95. The van der Waals surface area contributed by atoms with E-state index in [0.717, 1.165) is 0 Å². The molecule has 0 aliphatic heterocycles. The van der Waals surface area contributed by atoms with Crippen LogP contribution >= 0.6 is 0 Å². The maximum Gasteiger partial charge on any atom is 0 e. The van der Waals surface area contributed by atoms with E-state index < -0.39 is 0 Å². The van der Waals surface area contributed by atoms with Gasteiger partial charge in [-0.2, -0.15) is 0 Å². The molecule has 0 heterocycles. The van der Waals surface area contributed by atoms with Gasteiger partial charge in [-0.15, -0.1) is 0 Å². The second kappa shape index (κ2) is 16.0. The fourth-order valence-corrected chi connectivity index (χ4v) is 1.06. The summed E-state index contributed by atoms with van der Waals surface area (Å²) in [6.07, 6.45) is 9.00. The minimum absolute atomic E-state index is 0. The zero-order chi connectivity index (χ0) is 6.24. The van der Waals surface area contributed by atoms with Crippen molar-refractivity contribution in [1.29, 1.82) is 0 Å². The average Bonchev–Trinajstić information content (AvgIpc) is 1.96. The highest BCUT2D eigenvalue weighted by molar-refractivity contribution is 5.75. The SMILES string of the molecule is C.C1CCCCC1.CC.[B]. The van der Waals surface area contributed by atoms with E-state index in [0.29, 0.717) is 0 Å². The van der Waals surface area contributed by atoms with Crippen LogP contribution < -0.4 is 0 Å². The molecule has 0 aromatic heterocycles. The maximum absolute atomic E-state index is 2.00. The van der Waals surface area contributed by atoms with Crippen LogP contribution in [0.5, 0.6) is 0 Å². The fourth-order valence-electron chi connectivity index (χ4n) is 1.06. The van der Waals surface area contributed by atoms with Crippen molar-refractivity contribution in [3.63, 3.8) is 0 Å². The summed E-state index contributed by atoms with van der Waals surface area (Å²) < 4.78 is 0.